The zero-order valence-corrected chi connectivity index (χ0v) is 16.5. The molecule has 150 valence electrons. The van der Waals surface area contributed by atoms with Gasteiger partial charge in [-0.25, -0.2) is 5.43 Å². The maximum Gasteiger partial charge on any atom is 0.251 e. The number of hydrazine groups is 1. The van der Waals surface area contributed by atoms with E-state index in [0.717, 1.165) is 5.56 Å². The Morgan fingerprint density at radius 2 is 2.00 bits per heavy atom. The monoisotopic (exact) mass is 392 g/mol. The van der Waals surface area contributed by atoms with Crippen LogP contribution in [0.25, 0.3) is 0 Å². The van der Waals surface area contributed by atoms with Crippen molar-refractivity contribution < 1.29 is 14.3 Å². The molecule has 1 saturated heterocycles. The summed E-state index contributed by atoms with van der Waals surface area (Å²) >= 11 is 0. The van der Waals surface area contributed by atoms with Gasteiger partial charge in [0.2, 0.25) is 5.91 Å². The van der Waals surface area contributed by atoms with E-state index in [4.69, 9.17) is 4.74 Å². The Kier molecular flexibility index (Phi) is 5.22. The van der Waals surface area contributed by atoms with Gasteiger partial charge >= 0.3 is 0 Å². The first-order chi connectivity index (χ1) is 14.0. The summed E-state index contributed by atoms with van der Waals surface area (Å²) in [6.07, 6.45) is 4.12. The summed E-state index contributed by atoms with van der Waals surface area (Å²) in [6, 6.07) is 15.2. The quantitative estimate of drug-likeness (QED) is 0.818. The Labute approximate surface area is 169 Å². The van der Waals surface area contributed by atoms with Gasteiger partial charge in [0.1, 0.15) is 18.3 Å². The highest BCUT2D eigenvalue weighted by Gasteiger charge is 2.40. The first-order valence-corrected chi connectivity index (χ1v) is 9.57. The van der Waals surface area contributed by atoms with E-state index in [2.05, 4.69) is 41.9 Å². The second-order valence-corrected chi connectivity index (χ2v) is 7.30. The number of aryl methyl sites for hydroxylation is 1. The van der Waals surface area contributed by atoms with Crippen LogP contribution < -0.4 is 15.5 Å². The van der Waals surface area contributed by atoms with Crippen LogP contribution in [0, 0.1) is 6.92 Å². The van der Waals surface area contributed by atoms with Crippen LogP contribution in [0.4, 0.5) is 5.69 Å². The Morgan fingerprint density at radius 3 is 2.76 bits per heavy atom. The second kappa shape index (κ2) is 7.97. The summed E-state index contributed by atoms with van der Waals surface area (Å²) in [5, 5.41) is 4.64. The molecule has 0 aromatic heterocycles. The SMILES string of the molecule is COc1cccc(NC(=O)CN2C=CN3NC(c4ccc(C)cc4)CC3C2=O)c1. The van der Waals surface area contributed by atoms with Crippen molar-refractivity contribution in [2.75, 3.05) is 19.0 Å². The van der Waals surface area contributed by atoms with Crippen LogP contribution in [-0.4, -0.2) is 41.4 Å². The number of fused-ring (bicyclic) bond motifs is 1. The molecular weight excluding hydrogens is 368 g/mol. The Bertz CT molecular complexity index is 941. The van der Waals surface area contributed by atoms with E-state index >= 15 is 0 Å². The van der Waals surface area contributed by atoms with Crippen molar-refractivity contribution in [2.24, 2.45) is 0 Å². The van der Waals surface area contributed by atoms with Crippen molar-refractivity contribution in [1.82, 2.24) is 15.3 Å². The number of amides is 2. The minimum atomic E-state index is -0.323. The van der Waals surface area contributed by atoms with Crippen LogP contribution in [0.2, 0.25) is 0 Å². The standard InChI is InChI=1S/C22H24N4O3/c1-15-6-8-16(9-7-15)19-13-20-22(28)25(10-11-26(20)24-19)14-21(27)23-17-4-3-5-18(12-17)29-2/h3-12,19-20,24H,13-14H2,1-2H3,(H,23,27). The highest BCUT2D eigenvalue weighted by molar-refractivity contribution is 5.96. The lowest BCUT2D eigenvalue weighted by Crippen LogP contribution is -2.49. The molecule has 0 aliphatic carbocycles. The first kappa shape index (κ1) is 19.0. The molecule has 2 unspecified atom stereocenters. The Balaban J connectivity index is 1.39. The van der Waals surface area contributed by atoms with Crippen LogP contribution in [0.15, 0.2) is 60.9 Å². The molecule has 2 N–H and O–H groups in total. The number of ether oxygens (including phenoxy) is 1. The maximum atomic E-state index is 12.9. The van der Waals surface area contributed by atoms with Gasteiger partial charge in [-0.2, -0.15) is 0 Å². The molecular formula is C22H24N4O3. The molecule has 2 atom stereocenters. The van der Waals surface area contributed by atoms with Gasteiger partial charge < -0.3 is 20.0 Å². The summed E-state index contributed by atoms with van der Waals surface area (Å²) in [4.78, 5) is 26.8. The van der Waals surface area contributed by atoms with Crippen LogP contribution in [-0.2, 0) is 9.59 Å². The number of carbonyl (C=O) groups is 2. The molecule has 2 aromatic rings. The van der Waals surface area contributed by atoms with Crippen molar-refractivity contribution in [2.45, 2.75) is 25.4 Å². The molecule has 0 saturated carbocycles. The number of rotatable bonds is 5. The number of benzene rings is 2. The van der Waals surface area contributed by atoms with Gasteiger partial charge in [-0.1, -0.05) is 35.9 Å². The zero-order chi connectivity index (χ0) is 20.4. The zero-order valence-electron chi connectivity index (χ0n) is 16.5. The molecule has 4 rings (SSSR count). The lowest BCUT2D eigenvalue weighted by atomic mass is 10.00. The van der Waals surface area contributed by atoms with Gasteiger partial charge in [0.05, 0.1) is 13.2 Å². The van der Waals surface area contributed by atoms with Crippen LogP contribution in [0.3, 0.4) is 0 Å². The molecule has 2 aliphatic rings. The van der Waals surface area contributed by atoms with E-state index in [1.54, 1.807) is 37.6 Å². The first-order valence-electron chi connectivity index (χ1n) is 9.57. The molecule has 1 fully saturated rings. The molecule has 2 aliphatic heterocycles. The molecule has 2 aromatic carbocycles. The van der Waals surface area contributed by atoms with E-state index in [9.17, 15) is 9.59 Å². The average Bonchev–Trinajstić information content (AvgIpc) is 3.16. The van der Waals surface area contributed by atoms with Crippen molar-refractivity contribution in [3.8, 4) is 5.75 Å². The van der Waals surface area contributed by atoms with Gasteiger partial charge in [-0.15, -0.1) is 0 Å². The molecule has 29 heavy (non-hydrogen) atoms. The van der Waals surface area contributed by atoms with E-state index in [1.165, 1.54) is 10.5 Å². The third kappa shape index (κ3) is 4.09. The van der Waals surface area contributed by atoms with Gasteiger partial charge in [-0.3, -0.25) is 9.59 Å². The predicted octanol–water partition coefficient (Wildman–Crippen LogP) is 2.58. The van der Waals surface area contributed by atoms with Crippen molar-refractivity contribution in [1.29, 1.82) is 0 Å². The lowest BCUT2D eigenvalue weighted by molar-refractivity contribution is -0.137. The molecule has 0 spiro atoms. The fourth-order valence-corrected chi connectivity index (χ4v) is 3.64. The number of methoxy groups -OCH3 is 1. The molecule has 2 amide bonds. The number of nitrogens with zero attached hydrogens (tertiary/aromatic N) is 2. The number of carbonyl (C=O) groups excluding carboxylic acids is 2. The third-order valence-electron chi connectivity index (χ3n) is 5.22. The molecule has 0 bridgehead atoms. The van der Waals surface area contributed by atoms with Gasteiger partial charge in [0.25, 0.3) is 5.91 Å². The summed E-state index contributed by atoms with van der Waals surface area (Å²) in [5.41, 5.74) is 6.35. The summed E-state index contributed by atoms with van der Waals surface area (Å²) in [6.45, 7) is 2.02. The number of anilines is 1. The third-order valence-corrected chi connectivity index (χ3v) is 5.22. The Hall–Kier alpha value is -3.32. The fourth-order valence-electron chi connectivity index (χ4n) is 3.64. The smallest absolute Gasteiger partial charge is 0.251 e. The van der Waals surface area contributed by atoms with E-state index in [1.807, 2.05) is 11.2 Å². The van der Waals surface area contributed by atoms with Crippen molar-refractivity contribution in [3.63, 3.8) is 0 Å². The van der Waals surface area contributed by atoms with Crippen molar-refractivity contribution >= 4 is 17.5 Å². The summed E-state index contributed by atoms with van der Waals surface area (Å²) in [5.74, 6) is 0.313. The highest BCUT2D eigenvalue weighted by Crippen LogP contribution is 2.30. The average molecular weight is 392 g/mol. The maximum absolute atomic E-state index is 12.9. The number of hydrogen-bond acceptors (Lipinski definition) is 5. The van der Waals surface area contributed by atoms with Gasteiger partial charge in [0.15, 0.2) is 0 Å². The van der Waals surface area contributed by atoms with E-state index in [-0.39, 0.29) is 30.4 Å². The van der Waals surface area contributed by atoms with E-state index in [0.29, 0.717) is 17.9 Å². The molecule has 2 heterocycles. The normalized spacial score (nSPS) is 20.6. The fraction of sp³-hybridized carbons (Fsp3) is 0.273. The van der Waals surface area contributed by atoms with E-state index < -0.39 is 0 Å². The largest absolute Gasteiger partial charge is 0.497 e. The number of nitrogens with one attached hydrogen (secondary N) is 2. The molecule has 7 nitrogen and oxygen atoms in total. The van der Waals surface area contributed by atoms with Crippen LogP contribution >= 0.6 is 0 Å². The predicted molar refractivity (Wildman–Crippen MR) is 110 cm³/mol. The Morgan fingerprint density at radius 1 is 1.21 bits per heavy atom. The minimum absolute atomic E-state index is 0.0356. The summed E-state index contributed by atoms with van der Waals surface area (Å²) < 4.78 is 5.16. The minimum Gasteiger partial charge on any atom is -0.497 e. The molecule has 7 heteroatoms. The number of hydrogen-bond donors (Lipinski definition) is 2. The van der Waals surface area contributed by atoms with Crippen LogP contribution in [0.5, 0.6) is 5.75 Å². The van der Waals surface area contributed by atoms with Gasteiger partial charge in [0, 0.05) is 24.2 Å². The lowest BCUT2D eigenvalue weighted by Gasteiger charge is -2.31. The second-order valence-electron chi connectivity index (χ2n) is 7.30. The van der Waals surface area contributed by atoms with Gasteiger partial charge in [-0.05, 0) is 31.0 Å². The summed E-state index contributed by atoms with van der Waals surface area (Å²) in [7, 11) is 1.57. The van der Waals surface area contributed by atoms with Crippen LogP contribution in [0.1, 0.15) is 23.6 Å². The highest BCUT2D eigenvalue weighted by atomic mass is 16.5. The topological polar surface area (TPSA) is 73.9 Å². The van der Waals surface area contributed by atoms with Crippen molar-refractivity contribution in [3.05, 3.63) is 72.1 Å². The molecule has 0 radical (unpaired) electrons.